The van der Waals surface area contributed by atoms with Crippen molar-refractivity contribution in [1.82, 2.24) is 15.5 Å². The highest BCUT2D eigenvalue weighted by Crippen LogP contribution is 2.39. The molecule has 0 bridgehead atoms. The van der Waals surface area contributed by atoms with Gasteiger partial charge in [0, 0.05) is 26.7 Å². The summed E-state index contributed by atoms with van der Waals surface area (Å²) >= 11 is 0. The molecule has 3 rings (SSSR count). The number of carbonyl (C=O) groups excluding carboxylic acids is 2. The Morgan fingerprint density at radius 3 is 2.48 bits per heavy atom. The molecule has 3 atom stereocenters. The van der Waals surface area contributed by atoms with Crippen molar-refractivity contribution < 1.29 is 9.59 Å². The van der Waals surface area contributed by atoms with Crippen LogP contribution in [0, 0.1) is 11.3 Å². The Morgan fingerprint density at radius 1 is 1.13 bits per heavy atom. The van der Waals surface area contributed by atoms with Gasteiger partial charge >= 0.3 is 0 Å². The third kappa shape index (κ3) is 3.39. The van der Waals surface area contributed by atoms with E-state index in [1.165, 1.54) is 25.7 Å². The molecule has 2 aliphatic carbocycles. The second-order valence-electron chi connectivity index (χ2n) is 8.01. The zero-order valence-electron chi connectivity index (χ0n) is 14.6. The van der Waals surface area contributed by atoms with E-state index in [0.29, 0.717) is 18.5 Å². The highest BCUT2D eigenvalue weighted by molar-refractivity contribution is 5.85. The van der Waals surface area contributed by atoms with Gasteiger partial charge in [-0.1, -0.05) is 25.7 Å². The number of carbonyl (C=O) groups is 2. The van der Waals surface area contributed by atoms with Crippen LogP contribution in [0.25, 0.3) is 0 Å². The van der Waals surface area contributed by atoms with E-state index in [4.69, 9.17) is 0 Å². The molecule has 130 valence electrons. The second kappa shape index (κ2) is 6.80. The number of hydrogen-bond donors (Lipinski definition) is 2. The maximum atomic E-state index is 12.6. The number of rotatable bonds is 4. The Labute approximate surface area is 139 Å². The van der Waals surface area contributed by atoms with Gasteiger partial charge in [0.1, 0.15) is 0 Å². The molecule has 1 heterocycles. The minimum atomic E-state index is -0.371. The fourth-order valence-electron chi connectivity index (χ4n) is 4.89. The molecule has 5 heteroatoms. The molecule has 0 radical (unpaired) electrons. The first-order valence-corrected chi connectivity index (χ1v) is 9.27. The Balaban J connectivity index is 1.56. The number of amides is 2. The first-order chi connectivity index (χ1) is 11.0. The first kappa shape index (κ1) is 16.7. The van der Waals surface area contributed by atoms with Crippen LogP contribution in [0.15, 0.2) is 0 Å². The number of hydrogen-bond acceptors (Lipinski definition) is 3. The molecule has 1 aliphatic heterocycles. The molecular formula is C18H31N3O2. The summed E-state index contributed by atoms with van der Waals surface area (Å²) in [7, 11) is 3.63. The predicted molar refractivity (Wildman–Crippen MR) is 89.9 cm³/mol. The van der Waals surface area contributed by atoms with Gasteiger partial charge in [-0.05, 0) is 38.0 Å². The summed E-state index contributed by atoms with van der Waals surface area (Å²) in [5.74, 6) is 0.934. The Kier molecular flexibility index (Phi) is 4.95. The van der Waals surface area contributed by atoms with E-state index < -0.39 is 0 Å². The van der Waals surface area contributed by atoms with Crippen LogP contribution in [-0.2, 0) is 9.59 Å². The molecule has 0 aromatic heterocycles. The maximum Gasteiger partial charge on any atom is 0.237 e. The van der Waals surface area contributed by atoms with Crippen molar-refractivity contribution in [1.29, 1.82) is 0 Å². The standard InChI is InChI=1S/C18H31N3O2/c1-21(2)17(23)18(9-5-6-10-18)12-19-16(22)15-11-13-7-3-4-8-14(13)20-15/h13-15,20H,3-12H2,1-2H3,(H,19,22). The summed E-state index contributed by atoms with van der Waals surface area (Å²) < 4.78 is 0. The summed E-state index contributed by atoms with van der Waals surface area (Å²) in [6.45, 7) is 0.496. The van der Waals surface area contributed by atoms with Crippen LogP contribution < -0.4 is 10.6 Å². The molecule has 23 heavy (non-hydrogen) atoms. The van der Waals surface area contributed by atoms with Crippen LogP contribution >= 0.6 is 0 Å². The maximum absolute atomic E-state index is 12.6. The van der Waals surface area contributed by atoms with E-state index >= 15 is 0 Å². The average molecular weight is 321 g/mol. The van der Waals surface area contributed by atoms with Gasteiger partial charge in [0.05, 0.1) is 11.5 Å². The van der Waals surface area contributed by atoms with Gasteiger partial charge in [0.15, 0.2) is 0 Å². The average Bonchev–Trinajstić information content (AvgIpc) is 3.19. The normalized spacial score (nSPS) is 32.3. The quantitative estimate of drug-likeness (QED) is 0.828. The van der Waals surface area contributed by atoms with Gasteiger partial charge in [0.2, 0.25) is 11.8 Å². The summed E-state index contributed by atoms with van der Waals surface area (Å²) in [6.07, 6.45) is 9.97. The third-order valence-corrected chi connectivity index (χ3v) is 6.20. The minimum absolute atomic E-state index is 0.0592. The smallest absolute Gasteiger partial charge is 0.237 e. The van der Waals surface area contributed by atoms with Crippen molar-refractivity contribution in [3.63, 3.8) is 0 Å². The lowest BCUT2D eigenvalue weighted by atomic mass is 9.84. The molecule has 3 aliphatic rings. The molecule has 0 aromatic rings. The van der Waals surface area contributed by atoms with Crippen LogP contribution in [0.1, 0.15) is 57.8 Å². The molecule has 3 unspecified atom stereocenters. The Morgan fingerprint density at radius 2 is 1.83 bits per heavy atom. The van der Waals surface area contributed by atoms with Gasteiger partial charge in [-0.2, -0.15) is 0 Å². The second-order valence-corrected chi connectivity index (χ2v) is 8.01. The Hall–Kier alpha value is -1.10. The van der Waals surface area contributed by atoms with Crippen molar-refractivity contribution in [2.24, 2.45) is 11.3 Å². The summed E-state index contributed by atoms with van der Waals surface area (Å²) in [5, 5.41) is 6.63. The van der Waals surface area contributed by atoms with Crippen LogP contribution in [0.5, 0.6) is 0 Å². The molecule has 2 saturated carbocycles. The monoisotopic (exact) mass is 321 g/mol. The molecule has 1 saturated heterocycles. The molecule has 2 amide bonds. The number of nitrogens with one attached hydrogen (secondary N) is 2. The van der Waals surface area contributed by atoms with Crippen molar-refractivity contribution in [3.8, 4) is 0 Å². The molecule has 0 aromatic carbocycles. The SMILES string of the molecule is CN(C)C(=O)C1(CNC(=O)C2CC3CCCCC3N2)CCCC1. The zero-order valence-corrected chi connectivity index (χ0v) is 14.6. The van der Waals surface area contributed by atoms with Gasteiger partial charge in [-0.25, -0.2) is 0 Å². The van der Waals surface area contributed by atoms with Crippen LogP contribution in [0.2, 0.25) is 0 Å². The predicted octanol–water partition coefficient (Wildman–Crippen LogP) is 1.67. The number of nitrogens with zero attached hydrogens (tertiary/aromatic N) is 1. The molecule has 3 fully saturated rings. The lowest BCUT2D eigenvalue weighted by Gasteiger charge is -2.31. The van der Waals surface area contributed by atoms with E-state index in [1.807, 2.05) is 14.1 Å². The van der Waals surface area contributed by atoms with E-state index in [0.717, 1.165) is 32.1 Å². The molecule has 5 nitrogen and oxygen atoms in total. The van der Waals surface area contributed by atoms with Gasteiger partial charge in [-0.15, -0.1) is 0 Å². The topological polar surface area (TPSA) is 61.4 Å². The summed E-state index contributed by atoms with van der Waals surface area (Å²) in [5.41, 5.74) is -0.371. The lowest BCUT2D eigenvalue weighted by Crippen LogP contribution is -2.50. The fourth-order valence-corrected chi connectivity index (χ4v) is 4.89. The third-order valence-electron chi connectivity index (χ3n) is 6.20. The highest BCUT2D eigenvalue weighted by atomic mass is 16.2. The van der Waals surface area contributed by atoms with Crippen LogP contribution in [-0.4, -0.2) is 49.4 Å². The molecule has 0 spiro atoms. The van der Waals surface area contributed by atoms with Crippen molar-refractivity contribution >= 4 is 11.8 Å². The van der Waals surface area contributed by atoms with Crippen molar-refractivity contribution in [2.45, 2.75) is 69.9 Å². The molecular weight excluding hydrogens is 290 g/mol. The fraction of sp³-hybridized carbons (Fsp3) is 0.889. The molecule has 2 N–H and O–H groups in total. The van der Waals surface area contributed by atoms with Gasteiger partial charge in [-0.3, -0.25) is 9.59 Å². The largest absolute Gasteiger partial charge is 0.354 e. The van der Waals surface area contributed by atoms with E-state index in [9.17, 15) is 9.59 Å². The van der Waals surface area contributed by atoms with Crippen LogP contribution in [0.4, 0.5) is 0 Å². The summed E-state index contributed by atoms with van der Waals surface area (Å²) in [6, 6.07) is 0.472. The number of fused-ring (bicyclic) bond motifs is 1. The minimum Gasteiger partial charge on any atom is -0.354 e. The van der Waals surface area contributed by atoms with E-state index in [1.54, 1.807) is 4.90 Å². The van der Waals surface area contributed by atoms with Crippen molar-refractivity contribution in [3.05, 3.63) is 0 Å². The van der Waals surface area contributed by atoms with Gasteiger partial charge in [0.25, 0.3) is 0 Å². The highest BCUT2D eigenvalue weighted by Gasteiger charge is 2.43. The Bertz CT molecular complexity index is 443. The van der Waals surface area contributed by atoms with Crippen molar-refractivity contribution in [2.75, 3.05) is 20.6 Å². The van der Waals surface area contributed by atoms with E-state index in [2.05, 4.69) is 10.6 Å². The first-order valence-electron chi connectivity index (χ1n) is 9.27. The summed E-state index contributed by atoms with van der Waals surface area (Å²) in [4.78, 5) is 26.8. The van der Waals surface area contributed by atoms with Gasteiger partial charge < -0.3 is 15.5 Å². The lowest BCUT2D eigenvalue weighted by molar-refractivity contribution is -0.139. The van der Waals surface area contributed by atoms with Crippen LogP contribution in [0.3, 0.4) is 0 Å². The van der Waals surface area contributed by atoms with E-state index in [-0.39, 0.29) is 23.3 Å². The zero-order chi connectivity index (χ0) is 16.4.